The molecule has 0 bridgehead atoms. The molecule has 8 heteroatoms. The standard InChI is InChI=1S/C20H29N5OS.HI/c1-16(19-21-12-13-27-19)15-25(4)20(23-14-18(26)24(2)3)22-11-10-17-8-6-5-7-9-17;/h5-9,12-13,16H,10-11,14-15H2,1-4H3,(H,22,23);1H. The number of nitrogens with zero attached hydrogens (tertiary/aromatic N) is 4. The molecule has 0 saturated heterocycles. The molecule has 0 aliphatic rings. The molecule has 1 aromatic carbocycles. The Kier molecular flexibility index (Phi) is 11.1. The summed E-state index contributed by atoms with van der Waals surface area (Å²) < 4.78 is 0. The van der Waals surface area contributed by atoms with E-state index in [9.17, 15) is 4.79 Å². The molecule has 1 heterocycles. The lowest BCUT2D eigenvalue weighted by Crippen LogP contribution is -2.42. The summed E-state index contributed by atoms with van der Waals surface area (Å²) >= 11 is 1.66. The molecule has 0 radical (unpaired) electrons. The van der Waals surface area contributed by atoms with Crippen LogP contribution in [-0.2, 0) is 11.2 Å². The number of likely N-dealkylation sites (N-methyl/N-ethyl adjacent to an activating group) is 2. The molecule has 1 unspecified atom stereocenters. The van der Waals surface area contributed by atoms with E-state index in [1.165, 1.54) is 5.56 Å². The van der Waals surface area contributed by atoms with Crippen LogP contribution in [0.5, 0.6) is 0 Å². The second kappa shape index (κ2) is 12.7. The van der Waals surface area contributed by atoms with E-state index in [-0.39, 0.29) is 36.4 Å². The van der Waals surface area contributed by atoms with Gasteiger partial charge in [-0.2, -0.15) is 0 Å². The lowest BCUT2D eigenvalue weighted by molar-refractivity contribution is -0.127. The van der Waals surface area contributed by atoms with E-state index in [2.05, 4.69) is 39.2 Å². The molecular weight excluding hydrogens is 485 g/mol. The molecular formula is C20H30IN5OS. The zero-order valence-corrected chi connectivity index (χ0v) is 20.1. The van der Waals surface area contributed by atoms with Crippen molar-refractivity contribution >= 4 is 47.2 Å². The van der Waals surface area contributed by atoms with Gasteiger partial charge >= 0.3 is 0 Å². The number of thiazole rings is 1. The number of carbonyl (C=O) groups is 1. The highest BCUT2D eigenvalue weighted by Crippen LogP contribution is 2.18. The first-order valence-electron chi connectivity index (χ1n) is 9.10. The summed E-state index contributed by atoms with van der Waals surface area (Å²) in [4.78, 5) is 24.5. The summed E-state index contributed by atoms with van der Waals surface area (Å²) in [6, 6.07) is 10.3. The van der Waals surface area contributed by atoms with Gasteiger partial charge in [-0.1, -0.05) is 37.3 Å². The van der Waals surface area contributed by atoms with Gasteiger partial charge < -0.3 is 15.1 Å². The monoisotopic (exact) mass is 515 g/mol. The first-order valence-corrected chi connectivity index (χ1v) is 9.98. The molecule has 1 N–H and O–H groups in total. The van der Waals surface area contributed by atoms with Gasteiger partial charge in [0.05, 0.1) is 5.01 Å². The molecule has 0 aliphatic heterocycles. The summed E-state index contributed by atoms with van der Waals surface area (Å²) in [5.41, 5.74) is 1.27. The Morgan fingerprint density at radius 2 is 1.96 bits per heavy atom. The molecule has 0 fully saturated rings. The normalized spacial score (nSPS) is 12.1. The van der Waals surface area contributed by atoms with Gasteiger partial charge in [0.25, 0.3) is 0 Å². The second-order valence-corrected chi connectivity index (χ2v) is 7.67. The van der Waals surface area contributed by atoms with E-state index in [0.29, 0.717) is 5.92 Å². The van der Waals surface area contributed by atoms with Gasteiger partial charge in [-0.15, -0.1) is 35.3 Å². The van der Waals surface area contributed by atoms with Crippen molar-refractivity contribution in [1.29, 1.82) is 0 Å². The van der Waals surface area contributed by atoms with Crippen LogP contribution >= 0.6 is 35.3 Å². The summed E-state index contributed by atoms with van der Waals surface area (Å²) in [5.74, 6) is 1.02. The maximum atomic E-state index is 11.9. The predicted molar refractivity (Wildman–Crippen MR) is 128 cm³/mol. The fraction of sp³-hybridized carbons (Fsp3) is 0.450. The molecule has 1 amide bonds. The van der Waals surface area contributed by atoms with Crippen LogP contribution in [0, 0.1) is 0 Å². The largest absolute Gasteiger partial charge is 0.356 e. The number of carbonyl (C=O) groups excluding carboxylic acids is 1. The molecule has 0 spiro atoms. The molecule has 0 aliphatic carbocycles. The van der Waals surface area contributed by atoms with E-state index in [1.807, 2.05) is 36.8 Å². The van der Waals surface area contributed by atoms with Crippen molar-refractivity contribution in [2.75, 3.05) is 40.8 Å². The Bertz CT molecular complexity index is 721. The lowest BCUT2D eigenvalue weighted by atomic mass is 10.1. The topological polar surface area (TPSA) is 60.8 Å². The lowest BCUT2D eigenvalue weighted by Gasteiger charge is -2.25. The number of aromatic nitrogens is 1. The molecule has 0 saturated carbocycles. The highest BCUT2D eigenvalue weighted by atomic mass is 127. The number of benzene rings is 1. The van der Waals surface area contributed by atoms with Crippen molar-refractivity contribution in [1.82, 2.24) is 20.1 Å². The van der Waals surface area contributed by atoms with Crippen molar-refractivity contribution in [2.24, 2.45) is 4.99 Å². The van der Waals surface area contributed by atoms with Crippen LogP contribution in [0.3, 0.4) is 0 Å². The van der Waals surface area contributed by atoms with Crippen LogP contribution in [0.1, 0.15) is 23.4 Å². The maximum Gasteiger partial charge on any atom is 0.243 e. The highest BCUT2D eigenvalue weighted by Gasteiger charge is 2.15. The number of nitrogens with one attached hydrogen (secondary N) is 1. The van der Waals surface area contributed by atoms with Gasteiger partial charge in [0, 0.05) is 51.7 Å². The van der Waals surface area contributed by atoms with Gasteiger partial charge in [0.15, 0.2) is 5.96 Å². The van der Waals surface area contributed by atoms with Gasteiger partial charge in [-0.25, -0.2) is 9.98 Å². The molecule has 28 heavy (non-hydrogen) atoms. The molecule has 6 nitrogen and oxygen atoms in total. The Morgan fingerprint density at radius 3 is 2.57 bits per heavy atom. The smallest absolute Gasteiger partial charge is 0.243 e. The molecule has 1 aromatic heterocycles. The van der Waals surface area contributed by atoms with E-state index < -0.39 is 0 Å². The van der Waals surface area contributed by atoms with Crippen LogP contribution in [0.25, 0.3) is 0 Å². The third-order valence-corrected chi connectivity index (χ3v) is 5.19. The second-order valence-electron chi connectivity index (χ2n) is 6.74. The third kappa shape index (κ3) is 8.14. The minimum Gasteiger partial charge on any atom is -0.356 e. The number of aliphatic imine (C=N–C) groups is 1. The van der Waals surface area contributed by atoms with Crippen molar-refractivity contribution in [3.63, 3.8) is 0 Å². The van der Waals surface area contributed by atoms with Gasteiger partial charge in [-0.05, 0) is 12.0 Å². The van der Waals surface area contributed by atoms with Crippen molar-refractivity contribution in [3.8, 4) is 0 Å². The number of rotatable bonds is 8. The average molecular weight is 515 g/mol. The first kappa shape index (κ1) is 24.4. The summed E-state index contributed by atoms with van der Waals surface area (Å²) in [6.45, 7) is 3.83. The number of hydrogen-bond donors (Lipinski definition) is 1. The number of halogens is 1. The van der Waals surface area contributed by atoms with Crippen LogP contribution in [0.2, 0.25) is 0 Å². The van der Waals surface area contributed by atoms with Crippen LogP contribution in [0.15, 0.2) is 46.9 Å². The summed E-state index contributed by atoms with van der Waals surface area (Å²) in [7, 11) is 5.49. The van der Waals surface area contributed by atoms with Crippen LogP contribution in [0.4, 0.5) is 0 Å². The quantitative estimate of drug-likeness (QED) is 0.334. The summed E-state index contributed by atoms with van der Waals surface area (Å²) in [6.07, 6.45) is 2.73. The van der Waals surface area contributed by atoms with E-state index in [1.54, 1.807) is 30.3 Å². The zero-order chi connectivity index (χ0) is 19.6. The fourth-order valence-electron chi connectivity index (χ4n) is 2.61. The van der Waals surface area contributed by atoms with Crippen LogP contribution in [-0.4, -0.2) is 67.4 Å². The third-order valence-electron chi connectivity index (χ3n) is 4.18. The zero-order valence-electron chi connectivity index (χ0n) is 17.0. The average Bonchev–Trinajstić information content (AvgIpc) is 3.19. The Morgan fingerprint density at radius 1 is 1.25 bits per heavy atom. The number of amides is 1. The van der Waals surface area contributed by atoms with Crippen molar-refractivity contribution < 1.29 is 4.79 Å². The molecule has 154 valence electrons. The van der Waals surface area contributed by atoms with Gasteiger partial charge in [0.2, 0.25) is 5.91 Å². The Hall–Kier alpha value is -1.68. The minimum atomic E-state index is -0.0151. The van der Waals surface area contributed by atoms with Gasteiger partial charge in [-0.3, -0.25) is 4.79 Å². The first-order chi connectivity index (χ1) is 13.0. The van der Waals surface area contributed by atoms with E-state index in [0.717, 1.165) is 30.5 Å². The summed E-state index contributed by atoms with van der Waals surface area (Å²) in [5, 5.41) is 6.50. The predicted octanol–water partition coefficient (Wildman–Crippen LogP) is 3.07. The van der Waals surface area contributed by atoms with E-state index in [4.69, 9.17) is 0 Å². The Balaban J connectivity index is 0.00000392. The molecule has 2 rings (SSSR count). The number of hydrogen-bond acceptors (Lipinski definition) is 4. The molecule has 1 atom stereocenters. The van der Waals surface area contributed by atoms with E-state index >= 15 is 0 Å². The maximum absolute atomic E-state index is 11.9. The van der Waals surface area contributed by atoms with Crippen LogP contribution < -0.4 is 5.32 Å². The minimum absolute atomic E-state index is 0. The SMILES string of the molecule is CC(CN(C)C(=NCC(=O)N(C)C)NCCc1ccccc1)c1nccs1.I. The van der Waals surface area contributed by atoms with Crippen molar-refractivity contribution in [3.05, 3.63) is 52.5 Å². The number of guanidine groups is 1. The highest BCUT2D eigenvalue weighted by molar-refractivity contribution is 14.0. The molecule has 2 aromatic rings. The Labute approximate surface area is 189 Å². The van der Waals surface area contributed by atoms with Crippen molar-refractivity contribution in [2.45, 2.75) is 19.3 Å². The fourth-order valence-corrected chi connectivity index (χ4v) is 3.30. The van der Waals surface area contributed by atoms with Gasteiger partial charge in [0.1, 0.15) is 6.54 Å².